The molecule has 1 fully saturated rings. The van der Waals surface area contributed by atoms with Gasteiger partial charge in [0.1, 0.15) is 0 Å². The van der Waals surface area contributed by atoms with Crippen molar-refractivity contribution in [3.05, 3.63) is 143 Å². The molecule has 1 aliphatic heterocycles. The van der Waals surface area contributed by atoms with E-state index in [0.29, 0.717) is 5.69 Å². The lowest BCUT2D eigenvalue weighted by Crippen LogP contribution is -2.54. The van der Waals surface area contributed by atoms with E-state index >= 15 is 0 Å². The van der Waals surface area contributed by atoms with E-state index in [0.717, 1.165) is 45.1 Å². The van der Waals surface area contributed by atoms with Crippen molar-refractivity contribution in [3.8, 4) is 0 Å². The van der Waals surface area contributed by atoms with Crippen molar-refractivity contribution in [2.45, 2.75) is 24.7 Å². The summed E-state index contributed by atoms with van der Waals surface area (Å²) in [6.07, 6.45) is 2.93. The highest BCUT2D eigenvalue weighted by Crippen LogP contribution is 2.64. The molecule has 5 aromatic carbocycles. The Bertz CT molecular complexity index is 1850. The third-order valence-electron chi connectivity index (χ3n) is 9.45. The van der Waals surface area contributed by atoms with Gasteiger partial charge in [0.2, 0.25) is 11.8 Å². The second-order valence-corrected chi connectivity index (χ2v) is 11.3. The summed E-state index contributed by atoms with van der Waals surface area (Å²) < 4.78 is 0. The zero-order chi connectivity index (χ0) is 27.7. The predicted octanol–water partition coefficient (Wildman–Crippen LogP) is 7.36. The second-order valence-electron chi connectivity index (χ2n) is 11.3. The van der Waals surface area contributed by atoms with E-state index in [1.807, 2.05) is 85.1 Å². The predicted molar refractivity (Wildman–Crippen MR) is 163 cm³/mol. The number of hydrogen-bond donors (Lipinski definition) is 0. The Morgan fingerprint density at radius 1 is 0.732 bits per heavy atom. The number of aryl methyl sites for hydroxylation is 1. The molecule has 2 bridgehead atoms. The summed E-state index contributed by atoms with van der Waals surface area (Å²) in [6.45, 7) is 2.14. The van der Waals surface area contributed by atoms with Gasteiger partial charge in [0.25, 0.3) is 0 Å². The molecule has 2 amide bonds. The molecule has 0 radical (unpaired) electrons. The van der Waals surface area contributed by atoms with E-state index < -0.39 is 17.3 Å². The Labute approximate surface area is 239 Å². The fourth-order valence-corrected chi connectivity index (χ4v) is 7.68. The Morgan fingerprint density at radius 2 is 1.37 bits per heavy atom. The highest BCUT2D eigenvalue weighted by molar-refractivity contribution is 6.27. The summed E-state index contributed by atoms with van der Waals surface area (Å²) in [5, 5.41) is 1.90. The van der Waals surface area contributed by atoms with Gasteiger partial charge in [0.05, 0.1) is 28.6 Å². The Balaban J connectivity index is 1.38. The van der Waals surface area contributed by atoms with E-state index in [9.17, 15) is 9.59 Å². The normalized spacial score (nSPS) is 24.1. The van der Waals surface area contributed by atoms with E-state index in [1.54, 1.807) is 0 Å². The zero-order valence-electron chi connectivity index (χ0n) is 22.7. The fraction of sp³-hybridized carbons (Fsp3) is 0.162. The van der Waals surface area contributed by atoms with Gasteiger partial charge in [-0.3, -0.25) is 14.6 Å². The first-order chi connectivity index (χ1) is 20.1. The summed E-state index contributed by atoms with van der Waals surface area (Å²) in [4.78, 5) is 35.8. The topological polar surface area (TPSA) is 49.7 Å². The fourth-order valence-electron chi connectivity index (χ4n) is 7.68. The Morgan fingerprint density at radius 3 is 2.07 bits per heavy atom. The van der Waals surface area contributed by atoms with Crippen LogP contribution in [0.3, 0.4) is 0 Å². The van der Waals surface area contributed by atoms with Gasteiger partial charge >= 0.3 is 0 Å². The van der Waals surface area contributed by atoms with Gasteiger partial charge in [0, 0.05) is 17.5 Å². The van der Waals surface area contributed by atoms with E-state index in [4.69, 9.17) is 4.99 Å². The lowest BCUT2D eigenvalue weighted by molar-refractivity contribution is -0.122. The third-order valence-corrected chi connectivity index (χ3v) is 9.45. The molecule has 41 heavy (non-hydrogen) atoms. The van der Waals surface area contributed by atoms with Crippen molar-refractivity contribution in [1.29, 1.82) is 0 Å². The van der Waals surface area contributed by atoms with Crippen LogP contribution in [0.2, 0.25) is 0 Å². The van der Waals surface area contributed by atoms with Crippen LogP contribution in [-0.4, -0.2) is 18.0 Å². The Kier molecular flexibility index (Phi) is 5.17. The van der Waals surface area contributed by atoms with Gasteiger partial charge in [-0.25, -0.2) is 4.90 Å². The smallest absolute Gasteiger partial charge is 0.239 e. The number of imide groups is 1. The van der Waals surface area contributed by atoms with Gasteiger partial charge in [-0.2, -0.15) is 0 Å². The van der Waals surface area contributed by atoms with Gasteiger partial charge in [-0.15, -0.1) is 0 Å². The minimum atomic E-state index is -0.873. The standard InChI is InChI=1S/C37H28N2O2/c1-2-23-18-20-25(21-19-23)38-22-37-29-15-7-5-13-27(29)32(28-14-6-8-16-30(28)37)33-34(37)36(41)39(35(33)40)31-17-9-11-24-10-3-4-12-26(24)31/h3-22,32-34H,2H2,1H3/t32?,33-,34+,37?/m1/s1. The molecule has 4 aliphatic rings. The van der Waals surface area contributed by atoms with Gasteiger partial charge < -0.3 is 0 Å². The number of hydrogen-bond acceptors (Lipinski definition) is 3. The van der Waals surface area contributed by atoms with Crippen molar-refractivity contribution in [2.24, 2.45) is 16.8 Å². The summed E-state index contributed by atoms with van der Waals surface area (Å²) in [5.41, 5.74) is 6.23. The lowest BCUT2D eigenvalue weighted by atomic mass is 9.47. The first-order valence-corrected chi connectivity index (χ1v) is 14.3. The van der Waals surface area contributed by atoms with Gasteiger partial charge in [-0.05, 0) is 57.8 Å². The number of aliphatic imine (C=N–C) groups is 1. The van der Waals surface area contributed by atoms with Crippen LogP contribution in [-0.2, 0) is 21.4 Å². The van der Waals surface area contributed by atoms with Crippen LogP contribution >= 0.6 is 0 Å². The largest absolute Gasteiger partial charge is 0.274 e. The minimum absolute atomic E-state index is 0.129. The van der Waals surface area contributed by atoms with E-state index in [2.05, 4.69) is 43.3 Å². The molecule has 1 saturated heterocycles. The number of rotatable bonds is 4. The first-order valence-electron chi connectivity index (χ1n) is 14.3. The molecule has 1 heterocycles. The molecule has 2 atom stereocenters. The quantitative estimate of drug-likeness (QED) is 0.179. The van der Waals surface area contributed by atoms with Crippen LogP contribution in [0.1, 0.15) is 40.7 Å². The molecular formula is C37H28N2O2. The van der Waals surface area contributed by atoms with Crippen LogP contribution in [0, 0.1) is 11.8 Å². The minimum Gasteiger partial charge on any atom is -0.274 e. The highest BCUT2D eigenvalue weighted by Gasteiger charge is 2.68. The average molecular weight is 533 g/mol. The van der Waals surface area contributed by atoms with E-state index in [1.165, 1.54) is 10.5 Å². The molecule has 198 valence electrons. The van der Waals surface area contributed by atoms with Crippen molar-refractivity contribution >= 4 is 40.2 Å². The summed E-state index contributed by atoms with van der Waals surface area (Å²) in [7, 11) is 0. The molecule has 5 aromatic rings. The highest BCUT2D eigenvalue weighted by atomic mass is 16.2. The number of nitrogens with zero attached hydrogens (tertiary/aromatic N) is 2. The third kappa shape index (κ3) is 3.19. The van der Waals surface area contributed by atoms with Crippen molar-refractivity contribution in [1.82, 2.24) is 0 Å². The summed E-state index contributed by atoms with van der Waals surface area (Å²) in [6, 6.07) is 38.7. The molecule has 9 rings (SSSR count). The number of carbonyl (C=O) groups is 2. The summed E-state index contributed by atoms with van der Waals surface area (Å²) in [5.74, 6) is -1.58. The molecule has 0 aromatic heterocycles. The van der Waals surface area contributed by atoms with E-state index in [-0.39, 0.29) is 17.7 Å². The molecule has 3 aliphatic carbocycles. The first kappa shape index (κ1) is 24.0. The summed E-state index contributed by atoms with van der Waals surface area (Å²) >= 11 is 0. The zero-order valence-corrected chi connectivity index (χ0v) is 22.7. The van der Waals surface area contributed by atoms with Crippen molar-refractivity contribution in [2.75, 3.05) is 4.90 Å². The number of anilines is 1. The monoisotopic (exact) mass is 532 g/mol. The van der Waals surface area contributed by atoms with Crippen LogP contribution in [0.5, 0.6) is 0 Å². The Hall–Kier alpha value is -4.83. The maximum atomic E-state index is 14.7. The molecule has 0 N–H and O–H groups in total. The molecule has 0 spiro atoms. The second kappa shape index (κ2) is 8.84. The average Bonchev–Trinajstić information content (AvgIpc) is 3.30. The molecule has 0 unspecified atom stereocenters. The molecule has 0 saturated carbocycles. The van der Waals surface area contributed by atoms with Gasteiger partial charge in [-0.1, -0.05) is 104 Å². The van der Waals surface area contributed by atoms with Crippen molar-refractivity contribution in [3.63, 3.8) is 0 Å². The SMILES string of the molecule is CCc1ccc(N=CC23c4ccccc4C(c4ccccc42)[C@H]2C(=O)N(c4cccc5ccccc45)C(=O)[C@H]23)cc1. The maximum absolute atomic E-state index is 14.7. The van der Waals surface area contributed by atoms with Crippen LogP contribution in [0.15, 0.2) is 120 Å². The van der Waals surface area contributed by atoms with Crippen LogP contribution in [0.25, 0.3) is 10.8 Å². The molecule has 4 nitrogen and oxygen atoms in total. The van der Waals surface area contributed by atoms with Crippen molar-refractivity contribution < 1.29 is 9.59 Å². The number of carbonyl (C=O) groups excluding carboxylic acids is 2. The molecule has 4 heteroatoms. The van der Waals surface area contributed by atoms with Crippen LogP contribution < -0.4 is 4.90 Å². The van der Waals surface area contributed by atoms with Gasteiger partial charge in [0.15, 0.2) is 0 Å². The van der Waals surface area contributed by atoms with Crippen LogP contribution in [0.4, 0.5) is 11.4 Å². The molecular weight excluding hydrogens is 504 g/mol. The number of fused-ring (bicyclic) bond motifs is 1. The number of benzene rings is 5. The number of amides is 2. The maximum Gasteiger partial charge on any atom is 0.239 e. The lowest BCUT2D eigenvalue weighted by Gasteiger charge is -2.52.